The van der Waals surface area contributed by atoms with Crippen molar-refractivity contribution in [2.45, 2.75) is 33.0 Å². The quantitative estimate of drug-likeness (QED) is 0.582. The maximum Gasteiger partial charge on any atom is 0.262 e. The summed E-state index contributed by atoms with van der Waals surface area (Å²) in [6, 6.07) is 14.1. The Bertz CT molecular complexity index is 1180. The monoisotopic (exact) mass is 413 g/mol. The van der Waals surface area contributed by atoms with Crippen LogP contribution in [0.4, 0.5) is 5.69 Å². The first-order valence-electron chi connectivity index (χ1n) is 10.2. The second-order valence-corrected chi connectivity index (χ2v) is 12.9. The van der Waals surface area contributed by atoms with Crippen molar-refractivity contribution in [3.05, 3.63) is 88.2 Å². The molecule has 2 aliphatic rings. The Morgan fingerprint density at radius 1 is 1.07 bits per heavy atom. The van der Waals surface area contributed by atoms with Crippen molar-refractivity contribution >= 4 is 36.1 Å². The molecule has 5 heteroatoms. The Morgan fingerprint density at radius 2 is 1.80 bits per heavy atom. The van der Waals surface area contributed by atoms with E-state index >= 15 is 0 Å². The van der Waals surface area contributed by atoms with Crippen LogP contribution in [0.25, 0.3) is 5.57 Å². The number of amides is 1. The van der Waals surface area contributed by atoms with Gasteiger partial charge in [0.1, 0.15) is 8.07 Å². The van der Waals surface area contributed by atoms with Crippen LogP contribution in [0.1, 0.15) is 23.6 Å². The second-order valence-electron chi connectivity index (χ2n) is 8.59. The summed E-state index contributed by atoms with van der Waals surface area (Å²) in [5.41, 5.74) is 19.5. The predicted molar refractivity (Wildman–Crippen MR) is 128 cm³/mol. The number of allylic oxidation sites excluding steroid dienone is 5. The number of nitrogens with zero attached hydrogens (tertiary/aromatic N) is 1. The van der Waals surface area contributed by atoms with Gasteiger partial charge >= 0.3 is 0 Å². The fourth-order valence-electron chi connectivity index (χ4n) is 4.30. The van der Waals surface area contributed by atoms with Crippen molar-refractivity contribution in [2.75, 3.05) is 5.73 Å². The lowest BCUT2D eigenvalue weighted by Crippen LogP contribution is -2.49. The van der Waals surface area contributed by atoms with Crippen LogP contribution in [0.3, 0.4) is 0 Å². The Morgan fingerprint density at radius 3 is 2.50 bits per heavy atom. The number of aryl methyl sites for hydroxylation is 1. The Balaban J connectivity index is 2.03. The zero-order chi connectivity index (χ0) is 21.6. The van der Waals surface area contributed by atoms with Gasteiger partial charge in [-0.2, -0.15) is 0 Å². The van der Waals surface area contributed by atoms with Crippen molar-refractivity contribution in [1.29, 1.82) is 0 Å². The second kappa shape index (κ2) is 7.34. The standard InChI is InChI=1S/C25H27N3OSi/c1-15-7-5-6-8-19(15)24-20-11-9-17(27)13-22(20)30(3,4)23-14-18(10-12-21(23)24)28-25(29)16(2)26/h5-14,16H,26-27H2,1-4H3/t16-/m0/s1. The number of nitrogens with two attached hydrogens (primary N) is 2. The van der Waals surface area contributed by atoms with Gasteiger partial charge in [0.2, 0.25) is 0 Å². The molecule has 4 nitrogen and oxygen atoms in total. The highest BCUT2D eigenvalue weighted by Crippen LogP contribution is 2.42. The molecule has 1 heterocycles. The van der Waals surface area contributed by atoms with Crippen LogP contribution in [0.2, 0.25) is 13.1 Å². The molecule has 0 bridgehead atoms. The van der Waals surface area contributed by atoms with Gasteiger partial charge in [0, 0.05) is 5.69 Å². The molecule has 1 aliphatic heterocycles. The number of hydrogen-bond acceptors (Lipinski definition) is 3. The van der Waals surface area contributed by atoms with Crippen LogP contribution < -0.4 is 16.7 Å². The van der Waals surface area contributed by atoms with Crippen molar-refractivity contribution < 1.29 is 4.79 Å². The number of carbonyl (C=O) groups is 1. The van der Waals surface area contributed by atoms with E-state index in [1.807, 2.05) is 12.1 Å². The van der Waals surface area contributed by atoms with Crippen molar-refractivity contribution in [3.63, 3.8) is 0 Å². The molecule has 4 N–H and O–H groups in total. The molecule has 0 aromatic heterocycles. The highest BCUT2D eigenvalue weighted by Gasteiger charge is 2.39. The van der Waals surface area contributed by atoms with E-state index in [9.17, 15) is 4.79 Å². The number of benzene rings is 2. The molecule has 0 fully saturated rings. The van der Waals surface area contributed by atoms with Crippen LogP contribution in [0, 0.1) is 6.92 Å². The zero-order valence-corrected chi connectivity index (χ0v) is 18.9. The number of nitrogen functional groups attached to an aromatic ring is 1. The molecule has 0 spiro atoms. The van der Waals surface area contributed by atoms with E-state index in [1.165, 1.54) is 38.2 Å². The maximum absolute atomic E-state index is 12.1. The van der Waals surface area contributed by atoms with E-state index in [-0.39, 0.29) is 5.91 Å². The molecule has 1 amide bonds. The van der Waals surface area contributed by atoms with E-state index in [2.05, 4.69) is 73.6 Å². The molecule has 0 unspecified atom stereocenters. The molecule has 4 rings (SSSR count). The van der Waals surface area contributed by atoms with Gasteiger partial charge in [0.15, 0.2) is 0 Å². The van der Waals surface area contributed by atoms with Crippen molar-refractivity contribution in [2.24, 2.45) is 10.7 Å². The maximum atomic E-state index is 12.1. The summed E-state index contributed by atoms with van der Waals surface area (Å²) in [6.45, 7) is 8.46. The average molecular weight is 414 g/mol. The normalized spacial score (nSPS) is 19.2. The SMILES string of the molecule is Cc1ccccc1C1=C2C=CC(=NC(=O)[C@H](C)N)C=C2[Si](C)(C)c2cc(N)ccc21. The van der Waals surface area contributed by atoms with E-state index in [0.717, 1.165) is 5.69 Å². The summed E-state index contributed by atoms with van der Waals surface area (Å²) in [6.07, 6.45) is 6.11. The highest BCUT2D eigenvalue weighted by atomic mass is 28.3. The van der Waals surface area contributed by atoms with Crippen LogP contribution in [0.5, 0.6) is 0 Å². The summed E-state index contributed by atoms with van der Waals surface area (Å²) in [4.78, 5) is 16.4. The summed E-state index contributed by atoms with van der Waals surface area (Å²) in [5.74, 6) is -0.307. The lowest BCUT2D eigenvalue weighted by Gasteiger charge is -2.38. The van der Waals surface area contributed by atoms with Gasteiger partial charge in [0.25, 0.3) is 5.91 Å². The minimum Gasteiger partial charge on any atom is -0.399 e. The molecular formula is C25H27N3OSi. The van der Waals surface area contributed by atoms with Crippen LogP contribution in [0.15, 0.2) is 76.5 Å². The van der Waals surface area contributed by atoms with E-state index in [0.29, 0.717) is 5.71 Å². The third-order valence-corrected chi connectivity index (χ3v) is 9.50. The molecule has 152 valence electrons. The van der Waals surface area contributed by atoms with Gasteiger partial charge in [-0.05, 0) is 76.4 Å². The highest BCUT2D eigenvalue weighted by molar-refractivity contribution is 6.98. The first-order valence-corrected chi connectivity index (χ1v) is 13.2. The smallest absolute Gasteiger partial charge is 0.262 e. The number of anilines is 1. The number of rotatable bonds is 2. The molecule has 0 saturated heterocycles. The third kappa shape index (κ3) is 3.30. The van der Waals surface area contributed by atoms with Crippen LogP contribution >= 0.6 is 0 Å². The fraction of sp³-hybridized carbons (Fsp3) is 0.200. The van der Waals surface area contributed by atoms with Crippen LogP contribution in [-0.4, -0.2) is 25.7 Å². The fourth-order valence-corrected chi connectivity index (χ4v) is 7.39. The van der Waals surface area contributed by atoms with Gasteiger partial charge in [-0.3, -0.25) is 4.79 Å². The number of fused-ring (bicyclic) bond motifs is 2. The topological polar surface area (TPSA) is 81.5 Å². The Labute approximate surface area is 178 Å². The van der Waals surface area contributed by atoms with Gasteiger partial charge < -0.3 is 11.5 Å². The zero-order valence-electron chi connectivity index (χ0n) is 17.9. The average Bonchev–Trinajstić information content (AvgIpc) is 2.70. The minimum absolute atomic E-state index is 0.307. The summed E-state index contributed by atoms with van der Waals surface area (Å²) in [5, 5.41) is 2.57. The van der Waals surface area contributed by atoms with E-state index in [1.54, 1.807) is 6.92 Å². The summed E-state index contributed by atoms with van der Waals surface area (Å²) >= 11 is 0. The van der Waals surface area contributed by atoms with Gasteiger partial charge in [-0.1, -0.05) is 49.5 Å². The molecule has 0 saturated carbocycles. The molecule has 1 atom stereocenters. The molecule has 2 aromatic rings. The van der Waals surface area contributed by atoms with Gasteiger partial charge in [-0.25, -0.2) is 4.99 Å². The molecular weight excluding hydrogens is 386 g/mol. The van der Waals surface area contributed by atoms with E-state index < -0.39 is 14.1 Å². The van der Waals surface area contributed by atoms with Gasteiger partial charge in [0.05, 0.1) is 11.8 Å². The largest absolute Gasteiger partial charge is 0.399 e. The van der Waals surface area contributed by atoms with Gasteiger partial charge in [-0.15, -0.1) is 0 Å². The Kier molecular flexibility index (Phi) is 4.96. The van der Waals surface area contributed by atoms with Crippen LogP contribution in [-0.2, 0) is 4.79 Å². The Hall–Kier alpha value is -3.02. The first-order chi connectivity index (χ1) is 14.2. The predicted octanol–water partition coefficient (Wildman–Crippen LogP) is 3.66. The molecule has 0 radical (unpaired) electrons. The molecule has 30 heavy (non-hydrogen) atoms. The molecule has 2 aromatic carbocycles. The van der Waals surface area contributed by atoms with Crippen molar-refractivity contribution in [1.82, 2.24) is 0 Å². The van der Waals surface area contributed by atoms with E-state index in [4.69, 9.17) is 11.5 Å². The van der Waals surface area contributed by atoms with Crippen molar-refractivity contribution in [3.8, 4) is 0 Å². The summed E-state index contributed by atoms with van der Waals surface area (Å²) in [7, 11) is -2.07. The molecule has 1 aliphatic carbocycles. The lowest BCUT2D eigenvalue weighted by atomic mass is 9.87. The minimum atomic E-state index is -2.07. The number of hydrogen-bond donors (Lipinski definition) is 2. The third-order valence-electron chi connectivity index (χ3n) is 5.98. The summed E-state index contributed by atoms with van der Waals surface area (Å²) < 4.78 is 0. The first kappa shape index (κ1) is 20.3. The number of carbonyl (C=O) groups excluding carboxylic acids is 1. The number of aliphatic imine (C=N–C) groups is 1. The lowest BCUT2D eigenvalue weighted by molar-refractivity contribution is -0.118.